The lowest BCUT2D eigenvalue weighted by molar-refractivity contribution is -0.141. The number of nitrogens with zero attached hydrogens (tertiary/aromatic N) is 6. The van der Waals surface area contributed by atoms with Crippen LogP contribution in [0.2, 0.25) is 0 Å². The molecule has 39 nitrogen and oxygen atoms in total. The lowest BCUT2D eigenvalue weighted by Crippen LogP contribution is -2.55. The summed E-state index contributed by atoms with van der Waals surface area (Å²) < 4.78 is 116. The van der Waals surface area contributed by atoms with E-state index >= 15 is 0 Å². The van der Waals surface area contributed by atoms with Crippen molar-refractivity contribution in [3.8, 4) is 0 Å². The van der Waals surface area contributed by atoms with Crippen LogP contribution in [0.25, 0.3) is 0 Å². The first-order valence-corrected chi connectivity index (χ1v) is 56.0. The Hall–Kier alpha value is -11.8. The first kappa shape index (κ1) is 105. The lowest BCUT2D eigenvalue weighted by atomic mass is 9.83. The molecule has 0 unspecified atom stereocenters. The smallest absolute Gasteiger partial charge is 0.410 e. The van der Waals surface area contributed by atoms with Crippen LogP contribution in [0.3, 0.4) is 0 Å². The number of rotatable bonds is 24. The van der Waals surface area contributed by atoms with Crippen LogP contribution in [0.5, 0.6) is 0 Å². The summed E-state index contributed by atoms with van der Waals surface area (Å²) in [6, 6.07) is 11.8. The van der Waals surface area contributed by atoms with Crippen LogP contribution < -0.4 is 30.1 Å². The van der Waals surface area contributed by atoms with Crippen molar-refractivity contribution in [1.29, 1.82) is 0 Å². The summed E-state index contributed by atoms with van der Waals surface area (Å²) in [5.41, 5.74) is 5.79. The number of hydrogen-bond acceptors (Lipinski definition) is 27. The fraction of sp³-hybridized carbons (Fsp3) is 0.621. The van der Waals surface area contributed by atoms with Crippen LogP contribution >= 0.6 is 0 Å². The molecule has 7 aliphatic carbocycles. The van der Waals surface area contributed by atoms with Gasteiger partial charge in [-0.1, -0.05) is 106 Å². The molecular formula is C103H132N12O27S3. The number of Topliss-reactive ketones (excluding diaryl/α,β-unsaturated/α-hetero) is 3. The Kier molecular flexibility index (Phi) is 31.2. The van der Waals surface area contributed by atoms with Crippen LogP contribution in [-0.4, -0.2) is 254 Å². The molecule has 9 aliphatic heterocycles. The van der Waals surface area contributed by atoms with E-state index < -0.39 is 224 Å². The average Bonchev–Trinajstić information content (AvgIpc) is 1.58. The Morgan fingerprint density at radius 2 is 0.683 bits per heavy atom. The number of aryl methyl sites for hydroxylation is 3. The van der Waals surface area contributed by atoms with Crippen LogP contribution in [0.1, 0.15) is 244 Å². The van der Waals surface area contributed by atoms with E-state index in [1.165, 1.54) is 26.9 Å². The topological polar surface area (TPSA) is 505 Å². The molecule has 19 rings (SSSR count). The number of nitrogens with one attached hydrogen (secondary N) is 6. The molecule has 6 N–H and O–H groups in total. The highest BCUT2D eigenvalue weighted by atomic mass is 32.2. The third-order valence-corrected chi connectivity index (χ3v) is 37.6. The van der Waals surface area contributed by atoms with Crippen molar-refractivity contribution in [3.63, 3.8) is 0 Å². The Bertz CT molecular complexity index is 5790. The summed E-state index contributed by atoms with van der Waals surface area (Å²) in [7, 11) is -11.5. The number of allylic oxidation sites excluding steroid dienone is 3. The largest absolute Gasteiger partial charge is 0.450 e. The van der Waals surface area contributed by atoms with E-state index in [0.29, 0.717) is 97.1 Å². The summed E-state index contributed by atoms with van der Waals surface area (Å²) in [5, 5.41) is 6.23. The SMILES string of the molecule is C=C[C@@H]1C[C@]1(CC(=O)[C@@H]1C[C@@H]2CN1C(=O)[C@H](C1CCCCC1)NC(=O)OCCCCc1cccc3c1CN(C3)C(=O)O2)C(=O)NS(=O)(=O)C1CC1.C=C[C@@H]1C[C@]1(CC(=O)[C@@H]1C[C@@H]2CN1C(=O)[C@H](CC)NC(=O)OCCCCc1cccc3c1CN(C3)C(=O)O2)C(=O)NS(=O)(=O)C1CC1.C=C[C@@H]1C[C@]1(CC(=O)[C@@H]1C[C@@H]2CN1C(=O)[C@H](CC)NC(=O)OCCCCc1cccc3c1CN(C3)C(=O)O2)C(=O)NS(=O)(=O)C1CC1. The minimum Gasteiger partial charge on any atom is -0.450 e. The van der Waals surface area contributed by atoms with Crippen LogP contribution in [0, 0.1) is 39.9 Å². The number of fused-ring (bicyclic) bond motifs is 9. The molecule has 3 saturated heterocycles. The number of benzene rings is 3. The zero-order valence-electron chi connectivity index (χ0n) is 82.1. The molecule has 784 valence electrons. The van der Waals surface area contributed by atoms with Gasteiger partial charge in [0.15, 0.2) is 17.3 Å². The minimum atomic E-state index is -3.86. The molecule has 16 aliphatic rings. The van der Waals surface area contributed by atoms with Gasteiger partial charge in [0.1, 0.15) is 36.4 Å². The normalized spacial score (nSPS) is 29.9. The number of sulfonamides is 3. The van der Waals surface area contributed by atoms with Gasteiger partial charge in [-0.2, -0.15) is 0 Å². The van der Waals surface area contributed by atoms with E-state index in [1.54, 1.807) is 34.6 Å². The maximum Gasteiger partial charge on any atom is 0.410 e. The average molecular weight is 2070 g/mol. The number of amides is 12. The van der Waals surface area contributed by atoms with Crippen molar-refractivity contribution >= 4 is 119 Å². The monoisotopic (exact) mass is 2060 g/mol. The summed E-state index contributed by atoms with van der Waals surface area (Å²) in [6.07, 6.45) is 12.2. The Morgan fingerprint density at radius 3 is 0.972 bits per heavy atom. The fourth-order valence-electron chi connectivity index (χ4n) is 22.8. The third kappa shape index (κ3) is 23.3. The summed E-state index contributed by atoms with van der Waals surface area (Å²) >= 11 is 0. The Labute approximate surface area is 844 Å². The zero-order valence-corrected chi connectivity index (χ0v) is 84.6. The van der Waals surface area contributed by atoms with Gasteiger partial charge in [0.2, 0.25) is 65.5 Å². The third-order valence-electron chi connectivity index (χ3n) is 32.1. The molecule has 42 heteroatoms. The van der Waals surface area contributed by atoms with Gasteiger partial charge in [0, 0.05) is 77.8 Å². The van der Waals surface area contributed by atoms with Crippen molar-refractivity contribution in [2.75, 3.05) is 39.5 Å². The van der Waals surface area contributed by atoms with Crippen molar-refractivity contribution < 1.29 is 126 Å². The summed E-state index contributed by atoms with van der Waals surface area (Å²) in [4.78, 5) is 213. The number of carbonyl (C=O) groups is 15. The Morgan fingerprint density at radius 1 is 0.386 bits per heavy atom. The summed E-state index contributed by atoms with van der Waals surface area (Å²) in [6.45, 7) is 17.3. The predicted octanol–water partition coefficient (Wildman–Crippen LogP) is 9.30. The molecule has 9 heterocycles. The molecule has 3 aromatic rings. The number of hydrogen-bond donors (Lipinski definition) is 6. The lowest BCUT2D eigenvalue weighted by Gasteiger charge is -2.34. The standard InChI is InChI=1S/C37H48N4O9S.2C33H42N4O9S/c1-2-26-18-37(26,34(44)39-51(47,48)28-14-15-28)19-31(42)30-17-27-21-41(30)33(43)32(24-10-4-3-5-11-24)38-35(45)49-16-7-6-9-23-12-8-13-25-20-40(22-29(23)25)36(46)50-27;2*1-3-22-15-33(22,30(40)35-47(43,44)24-11-12-24)16-28(38)27-14-23-18-37(27)29(39)26(4-2)34-31(41)45-13-6-5-8-20-9-7-10-21-17-36(19-25(20)21)32(42)46-23/h2,8,12-13,24,26-28,30,32H,1,3-7,9-11,14-22H2,(H,38,45)(H,39,44);2*3,7,9-10,22-24,26-27H,1,4-6,8,11-19H2,2H3,(H,34,41)(H,35,40)/t26-,27-,30+,32+,37-;2*22-,23-,26+,27+,33-/m111/s1. The highest BCUT2D eigenvalue weighted by Gasteiger charge is 2.65. The van der Waals surface area contributed by atoms with Gasteiger partial charge >= 0.3 is 36.6 Å². The van der Waals surface area contributed by atoms with Gasteiger partial charge in [0.05, 0.1) is 89.6 Å². The van der Waals surface area contributed by atoms with Gasteiger partial charge in [-0.15, -0.1) is 19.7 Å². The van der Waals surface area contributed by atoms with E-state index in [0.717, 1.165) is 121 Å². The van der Waals surface area contributed by atoms with E-state index in [4.69, 9.17) is 28.4 Å². The van der Waals surface area contributed by atoms with E-state index in [2.05, 4.69) is 55.9 Å². The molecule has 7 saturated carbocycles. The second kappa shape index (κ2) is 43.3. The number of carbonyl (C=O) groups excluding carboxylic acids is 15. The van der Waals surface area contributed by atoms with Crippen molar-refractivity contribution in [2.24, 2.45) is 39.9 Å². The first-order chi connectivity index (χ1) is 69.4. The molecule has 12 amide bonds. The van der Waals surface area contributed by atoms with Crippen LogP contribution in [-0.2, 0) is 160 Å². The van der Waals surface area contributed by atoms with Gasteiger partial charge in [-0.25, -0.2) is 54.0 Å². The maximum absolute atomic E-state index is 14.6. The van der Waals surface area contributed by atoms with Gasteiger partial charge in [0.25, 0.3) is 0 Å². The Balaban J connectivity index is 0.000000149. The van der Waals surface area contributed by atoms with E-state index in [1.807, 2.05) is 48.5 Å². The molecule has 12 bridgehead atoms. The number of alkyl carbamates (subject to hydrolysis) is 3. The van der Waals surface area contributed by atoms with Gasteiger partial charge in [-0.3, -0.25) is 72.0 Å². The molecule has 0 spiro atoms. The number of ether oxygens (including phenoxy) is 6. The number of cyclic esters (lactones) is 3. The van der Waals surface area contributed by atoms with Gasteiger partial charge in [-0.05, 0) is 215 Å². The molecule has 0 aromatic heterocycles. The van der Waals surface area contributed by atoms with E-state index in [9.17, 15) is 97.2 Å². The van der Waals surface area contributed by atoms with Crippen LogP contribution in [0.15, 0.2) is 92.6 Å². The summed E-state index contributed by atoms with van der Waals surface area (Å²) in [5.74, 6) is -6.51. The molecule has 145 heavy (non-hydrogen) atoms. The fourth-order valence-corrected chi connectivity index (χ4v) is 27.0. The maximum atomic E-state index is 14.6. The van der Waals surface area contributed by atoms with Gasteiger partial charge < -0.3 is 59.1 Å². The van der Waals surface area contributed by atoms with Crippen molar-refractivity contribution in [3.05, 3.63) is 143 Å². The molecule has 0 radical (unpaired) electrons. The zero-order chi connectivity index (χ0) is 103. The highest BCUT2D eigenvalue weighted by Crippen LogP contribution is 2.60. The predicted molar refractivity (Wildman–Crippen MR) is 520 cm³/mol. The molecule has 15 atom stereocenters. The van der Waals surface area contributed by atoms with E-state index in [-0.39, 0.29) is 116 Å². The number of ketones is 3. The van der Waals surface area contributed by atoms with Crippen molar-refractivity contribution in [1.82, 2.24) is 59.5 Å². The van der Waals surface area contributed by atoms with Crippen LogP contribution in [0.4, 0.5) is 28.8 Å². The molecule has 10 fully saturated rings. The second-order valence-electron chi connectivity index (χ2n) is 42.0. The first-order valence-electron chi connectivity index (χ1n) is 51.4. The second-order valence-corrected chi connectivity index (χ2v) is 47.9. The highest BCUT2D eigenvalue weighted by molar-refractivity contribution is 7.91. The quantitative estimate of drug-likeness (QED) is 0.0359. The molecular weight excluding hydrogens is 1930 g/mol. The van der Waals surface area contributed by atoms with Crippen molar-refractivity contribution in [2.45, 2.75) is 322 Å². The molecule has 3 aromatic carbocycles. The minimum absolute atomic E-state index is 0.0000597.